The Morgan fingerprint density at radius 2 is 2.20 bits per heavy atom. The van der Waals surface area contributed by atoms with Gasteiger partial charge in [-0.3, -0.25) is 4.79 Å². The van der Waals surface area contributed by atoms with E-state index in [2.05, 4.69) is 5.32 Å². The van der Waals surface area contributed by atoms with Gasteiger partial charge in [-0.15, -0.1) is 0 Å². The maximum absolute atomic E-state index is 11.7. The van der Waals surface area contributed by atoms with Crippen molar-refractivity contribution in [2.45, 2.75) is 12.5 Å². The van der Waals surface area contributed by atoms with Crippen LogP contribution in [-0.2, 0) is 4.79 Å². The third kappa shape index (κ3) is 1.80. The number of nitrogens with one attached hydrogen (secondary N) is 1. The molecule has 1 amide bonds. The number of carbonyl (C=O) groups excluding carboxylic acids is 1. The zero-order valence-electron chi connectivity index (χ0n) is 8.73. The lowest BCUT2D eigenvalue weighted by atomic mass is 10.2. The van der Waals surface area contributed by atoms with Crippen LogP contribution in [0.2, 0.25) is 0 Å². The molecule has 0 spiro atoms. The summed E-state index contributed by atoms with van der Waals surface area (Å²) in [5.74, 6) is 0.102. The quantitative estimate of drug-likeness (QED) is 0.750. The maximum atomic E-state index is 11.7. The van der Waals surface area contributed by atoms with Gasteiger partial charge in [0.15, 0.2) is 0 Å². The first-order valence-electron chi connectivity index (χ1n) is 5.05. The van der Waals surface area contributed by atoms with Crippen LogP contribution in [0.5, 0.6) is 0 Å². The van der Waals surface area contributed by atoms with Gasteiger partial charge in [0.2, 0.25) is 5.91 Å². The largest absolute Gasteiger partial charge is 0.386 e. The molecule has 2 rings (SSSR count). The summed E-state index contributed by atoms with van der Waals surface area (Å²) in [6, 6.07) is 7.71. The summed E-state index contributed by atoms with van der Waals surface area (Å²) in [5.41, 5.74) is 7.63. The Morgan fingerprint density at radius 1 is 1.47 bits per heavy atom. The summed E-state index contributed by atoms with van der Waals surface area (Å²) >= 11 is 0. The number of carbonyl (C=O) groups is 1. The summed E-state index contributed by atoms with van der Waals surface area (Å²) in [5, 5.41) is 3.07. The first kappa shape index (κ1) is 9.98. The Bertz CT molecular complexity index is 378. The first-order valence-corrected chi connectivity index (χ1v) is 5.05. The lowest BCUT2D eigenvalue weighted by Gasteiger charge is -2.19. The minimum Gasteiger partial charge on any atom is -0.386 e. The number of nitrogens with two attached hydrogens (primary N) is 1. The molecule has 4 heteroatoms. The average molecular weight is 205 g/mol. The molecule has 1 aromatic carbocycles. The van der Waals surface area contributed by atoms with Gasteiger partial charge in [0.05, 0.1) is 11.4 Å². The highest BCUT2D eigenvalue weighted by atomic mass is 16.2. The van der Waals surface area contributed by atoms with Crippen molar-refractivity contribution < 1.29 is 4.79 Å². The molecule has 0 aliphatic carbocycles. The molecular weight excluding hydrogens is 190 g/mol. The van der Waals surface area contributed by atoms with Gasteiger partial charge in [-0.05, 0) is 12.1 Å². The molecule has 1 saturated heterocycles. The third-order valence-electron chi connectivity index (χ3n) is 2.62. The molecule has 1 heterocycles. The van der Waals surface area contributed by atoms with Crippen LogP contribution in [0, 0.1) is 0 Å². The van der Waals surface area contributed by atoms with E-state index < -0.39 is 0 Å². The van der Waals surface area contributed by atoms with E-state index in [-0.39, 0.29) is 11.9 Å². The molecular formula is C11H15N3O. The van der Waals surface area contributed by atoms with Gasteiger partial charge in [-0.2, -0.15) is 0 Å². The number of nitrogens with zero attached hydrogens (tertiary/aromatic N) is 1. The number of hydrogen-bond donors (Lipinski definition) is 2. The number of hydrogen-bond acceptors (Lipinski definition) is 3. The van der Waals surface area contributed by atoms with Crippen LogP contribution < -0.4 is 16.0 Å². The van der Waals surface area contributed by atoms with Crippen LogP contribution >= 0.6 is 0 Å². The lowest BCUT2D eigenvalue weighted by Crippen LogP contribution is -2.28. The third-order valence-corrected chi connectivity index (χ3v) is 2.62. The van der Waals surface area contributed by atoms with Gasteiger partial charge < -0.3 is 16.0 Å². The number of benzene rings is 1. The Hall–Kier alpha value is -1.55. The van der Waals surface area contributed by atoms with Crippen molar-refractivity contribution in [1.82, 2.24) is 0 Å². The molecule has 15 heavy (non-hydrogen) atoms. The summed E-state index contributed by atoms with van der Waals surface area (Å²) in [7, 11) is 1.85. The second-order valence-corrected chi connectivity index (χ2v) is 3.74. The predicted molar refractivity (Wildman–Crippen MR) is 60.9 cm³/mol. The topological polar surface area (TPSA) is 58.4 Å². The predicted octanol–water partition coefficient (Wildman–Crippen LogP) is 0.792. The van der Waals surface area contributed by atoms with Crippen LogP contribution in [-0.4, -0.2) is 25.5 Å². The number of amides is 1. The minimum atomic E-state index is -0.0394. The van der Waals surface area contributed by atoms with Crippen molar-refractivity contribution in [1.29, 1.82) is 0 Å². The van der Waals surface area contributed by atoms with Crippen molar-refractivity contribution in [2.24, 2.45) is 5.73 Å². The van der Waals surface area contributed by atoms with E-state index >= 15 is 0 Å². The Labute approximate surface area is 89.1 Å². The van der Waals surface area contributed by atoms with E-state index in [1.807, 2.05) is 31.3 Å². The van der Waals surface area contributed by atoms with Crippen molar-refractivity contribution in [2.75, 3.05) is 23.8 Å². The van der Waals surface area contributed by atoms with Gasteiger partial charge in [-0.25, -0.2) is 0 Å². The highest BCUT2D eigenvalue weighted by Gasteiger charge is 2.29. The Morgan fingerprint density at radius 3 is 2.80 bits per heavy atom. The summed E-state index contributed by atoms with van der Waals surface area (Å²) < 4.78 is 0. The first-order chi connectivity index (χ1) is 7.22. The summed E-state index contributed by atoms with van der Waals surface area (Å²) in [4.78, 5) is 13.4. The molecule has 0 bridgehead atoms. The molecule has 1 aliphatic heterocycles. The molecule has 1 aliphatic rings. The lowest BCUT2D eigenvalue weighted by molar-refractivity contribution is -0.117. The molecule has 1 atom stereocenters. The van der Waals surface area contributed by atoms with Crippen molar-refractivity contribution in [3.05, 3.63) is 24.3 Å². The van der Waals surface area contributed by atoms with Crippen molar-refractivity contribution in [3.8, 4) is 0 Å². The van der Waals surface area contributed by atoms with E-state index in [1.165, 1.54) is 0 Å². The molecule has 0 aromatic heterocycles. The smallest absolute Gasteiger partial charge is 0.228 e. The van der Waals surface area contributed by atoms with E-state index in [0.717, 1.165) is 11.4 Å². The van der Waals surface area contributed by atoms with Crippen LogP contribution in [0.1, 0.15) is 6.42 Å². The van der Waals surface area contributed by atoms with E-state index in [4.69, 9.17) is 5.73 Å². The normalized spacial score (nSPS) is 20.8. The van der Waals surface area contributed by atoms with E-state index in [0.29, 0.717) is 13.0 Å². The number of para-hydroxylation sites is 2. The Balaban J connectivity index is 2.33. The highest BCUT2D eigenvalue weighted by Crippen LogP contribution is 2.28. The van der Waals surface area contributed by atoms with Crippen LogP contribution in [0.3, 0.4) is 0 Å². The fourth-order valence-corrected chi connectivity index (χ4v) is 1.89. The zero-order valence-corrected chi connectivity index (χ0v) is 8.73. The van der Waals surface area contributed by atoms with Gasteiger partial charge in [0.25, 0.3) is 0 Å². The second-order valence-electron chi connectivity index (χ2n) is 3.74. The SMILES string of the molecule is CNc1ccccc1N1CC(N)CC1=O. The summed E-state index contributed by atoms with van der Waals surface area (Å²) in [6.07, 6.45) is 0.443. The molecule has 1 fully saturated rings. The molecule has 80 valence electrons. The fourth-order valence-electron chi connectivity index (χ4n) is 1.89. The Kier molecular flexibility index (Phi) is 2.60. The molecule has 4 nitrogen and oxygen atoms in total. The molecule has 1 aromatic rings. The van der Waals surface area contributed by atoms with Gasteiger partial charge in [-0.1, -0.05) is 12.1 Å². The monoisotopic (exact) mass is 205 g/mol. The average Bonchev–Trinajstić information content (AvgIpc) is 2.57. The second kappa shape index (κ2) is 3.90. The fraction of sp³-hybridized carbons (Fsp3) is 0.364. The van der Waals surface area contributed by atoms with Crippen LogP contribution in [0.25, 0.3) is 0 Å². The van der Waals surface area contributed by atoms with Crippen LogP contribution in [0.4, 0.5) is 11.4 Å². The van der Waals surface area contributed by atoms with E-state index in [9.17, 15) is 4.79 Å². The standard InChI is InChI=1S/C11H15N3O/c1-13-9-4-2-3-5-10(9)14-7-8(12)6-11(14)15/h2-5,8,13H,6-7,12H2,1H3. The molecule has 1 unspecified atom stereocenters. The van der Waals surface area contributed by atoms with Gasteiger partial charge >= 0.3 is 0 Å². The summed E-state index contributed by atoms with van der Waals surface area (Å²) in [6.45, 7) is 0.609. The van der Waals surface area contributed by atoms with Gasteiger partial charge in [0.1, 0.15) is 0 Å². The zero-order chi connectivity index (χ0) is 10.8. The maximum Gasteiger partial charge on any atom is 0.228 e. The highest BCUT2D eigenvalue weighted by molar-refractivity contribution is 5.99. The number of anilines is 2. The van der Waals surface area contributed by atoms with Crippen LogP contribution in [0.15, 0.2) is 24.3 Å². The molecule has 0 radical (unpaired) electrons. The van der Waals surface area contributed by atoms with Gasteiger partial charge in [0, 0.05) is 26.1 Å². The minimum absolute atomic E-state index is 0.0394. The molecule has 3 N–H and O–H groups in total. The van der Waals surface area contributed by atoms with Crippen molar-refractivity contribution >= 4 is 17.3 Å². The molecule has 0 saturated carbocycles. The van der Waals surface area contributed by atoms with E-state index in [1.54, 1.807) is 4.90 Å². The number of rotatable bonds is 2. The van der Waals surface area contributed by atoms with Crippen molar-refractivity contribution in [3.63, 3.8) is 0 Å².